The van der Waals surface area contributed by atoms with Crippen molar-refractivity contribution >= 4 is 23.8 Å². The van der Waals surface area contributed by atoms with Gasteiger partial charge in [-0.05, 0) is 18.4 Å². The maximum Gasteiger partial charge on any atom is 0.326 e. The van der Waals surface area contributed by atoms with Crippen molar-refractivity contribution in [2.24, 2.45) is 5.11 Å². The molecule has 68 heavy (non-hydrogen) atoms. The van der Waals surface area contributed by atoms with Crippen LogP contribution >= 0.6 is 0 Å². The number of rotatable bonds is 57. The summed E-state index contributed by atoms with van der Waals surface area (Å²) in [6.07, 6.45) is 15.2. The third kappa shape index (κ3) is 53.7. The molecular weight excluding hydrogens is 895 g/mol. The molecule has 22 heteroatoms. The van der Waals surface area contributed by atoms with Crippen LogP contribution in [0.1, 0.15) is 109 Å². The van der Waals surface area contributed by atoms with E-state index in [4.69, 9.17) is 62.7 Å². The van der Waals surface area contributed by atoms with E-state index < -0.39 is 23.9 Å². The number of unbranched alkanes of at least 4 members (excludes halogenated alkanes) is 13. The number of azide groups is 1. The highest BCUT2D eigenvalue weighted by molar-refractivity contribution is 5.88. The lowest BCUT2D eigenvalue weighted by atomic mass is 10.0. The number of nitrogens with one attached hydrogen (secondary N) is 2. The normalized spacial score (nSPS) is 11.6. The molecule has 0 unspecified atom stereocenters. The van der Waals surface area contributed by atoms with Crippen molar-refractivity contribution in [2.45, 2.75) is 115 Å². The van der Waals surface area contributed by atoms with Crippen LogP contribution in [0.5, 0.6) is 0 Å². The van der Waals surface area contributed by atoms with Crippen LogP contribution in [0.3, 0.4) is 0 Å². The van der Waals surface area contributed by atoms with Crippen LogP contribution in [0, 0.1) is 0 Å². The Hall–Kier alpha value is -3.25. The quantitative estimate of drug-likeness (QED) is 0.0273. The highest BCUT2D eigenvalue weighted by Crippen LogP contribution is 2.14. The third-order valence-electron chi connectivity index (χ3n) is 9.75. The number of carbonyl (C=O) groups excluding carboxylic acids is 2. The fourth-order valence-corrected chi connectivity index (χ4v) is 6.12. The van der Waals surface area contributed by atoms with Crippen molar-refractivity contribution in [2.75, 3.05) is 158 Å². The summed E-state index contributed by atoms with van der Waals surface area (Å²) in [5.74, 6) is -2.82. The fraction of sp³-hybridized carbons (Fsp3) is 0.913. The third-order valence-corrected chi connectivity index (χ3v) is 9.75. The zero-order valence-electron chi connectivity index (χ0n) is 40.9. The van der Waals surface area contributed by atoms with Crippen LogP contribution in [-0.2, 0) is 71.3 Å². The summed E-state index contributed by atoms with van der Waals surface area (Å²) in [6.45, 7) is 9.91. The lowest BCUT2D eigenvalue weighted by Gasteiger charge is -2.14. The van der Waals surface area contributed by atoms with E-state index in [0.717, 1.165) is 38.5 Å². The summed E-state index contributed by atoms with van der Waals surface area (Å²) in [5.41, 5.74) is 8.16. The molecule has 0 radical (unpaired) electrons. The minimum absolute atomic E-state index is 0.201. The van der Waals surface area contributed by atoms with Gasteiger partial charge in [0.15, 0.2) is 0 Å². The Balaban J connectivity index is 3.41. The Morgan fingerprint density at radius 1 is 0.412 bits per heavy atom. The average Bonchev–Trinajstić information content (AvgIpc) is 3.32. The number of carbonyl (C=O) groups is 4. The van der Waals surface area contributed by atoms with E-state index in [9.17, 15) is 24.3 Å². The summed E-state index contributed by atoms with van der Waals surface area (Å²) in [4.78, 5) is 49.4. The SMILES string of the molecule is [N-]=[N+]=NCCOCCOCCOCCOCCOCCOCCOCCOCCOCCOCCOCCNC(=O)C[C@H](NC(=O)CCCCCCCCCCCCCCCCC(=O)O)C(=O)O. The lowest BCUT2D eigenvalue weighted by molar-refractivity contribution is -0.143. The molecule has 0 aromatic heterocycles. The second-order valence-corrected chi connectivity index (χ2v) is 15.5. The topological polar surface area (TPSA) is 283 Å². The van der Waals surface area contributed by atoms with Crippen molar-refractivity contribution < 1.29 is 81.5 Å². The number of aliphatic carboxylic acids is 2. The van der Waals surface area contributed by atoms with Crippen molar-refractivity contribution in [3.63, 3.8) is 0 Å². The standard InChI is InChI=1S/C46H87N5O17/c47-51-49-18-20-59-22-24-61-26-28-63-30-32-65-34-36-67-38-40-68-39-37-66-35-33-64-31-29-62-27-25-60-23-21-58-19-17-48-44(53)41-42(46(56)57)50-43(52)15-13-11-9-7-5-3-1-2-4-6-8-10-12-14-16-45(54)55/h42H,1-41H2,(H,48,53)(H,50,52)(H,54,55)(H,56,57)/t42-/m0/s1. The van der Waals surface area contributed by atoms with E-state index >= 15 is 0 Å². The predicted octanol–water partition coefficient (Wildman–Crippen LogP) is 4.88. The summed E-state index contributed by atoms with van der Waals surface area (Å²) in [7, 11) is 0. The zero-order valence-corrected chi connectivity index (χ0v) is 40.9. The van der Waals surface area contributed by atoms with Crippen molar-refractivity contribution in [3.05, 3.63) is 10.4 Å². The van der Waals surface area contributed by atoms with Crippen LogP contribution < -0.4 is 10.6 Å². The molecule has 0 bridgehead atoms. The molecule has 0 heterocycles. The Kier molecular flexibility index (Phi) is 52.1. The number of nitrogens with zero attached hydrogens (tertiary/aromatic N) is 3. The maximum absolute atomic E-state index is 12.3. The molecule has 0 saturated heterocycles. The van der Waals surface area contributed by atoms with E-state index in [1.54, 1.807) is 0 Å². The first-order chi connectivity index (χ1) is 33.4. The first kappa shape index (κ1) is 64.8. The van der Waals surface area contributed by atoms with E-state index in [0.29, 0.717) is 152 Å². The van der Waals surface area contributed by atoms with Gasteiger partial charge in [-0.2, -0.15) is 0 Å². The molecule has 22 nitrogen and oxygen atoms in total. The Morgan fingerprint density at radius 2 is 0.706 bits per heavy atom. The van der Waals surface area contributed by atoms with Gasteiger partial charge in [-0.15, -0.1) is 0 Å². The zero-order chi connectivity index (χ0) is 49.5. The molecule has 0 rings (SSSR count). The van der Waals surface area contributed by atoms with Gasteiger partial charge in [-0.3, -0.25) is 14.4 Å². The molecule has 0 spiro atoms. The number of carboxylic acids is 2. The molecule has 398 valence electrons. The van der Waals surface area contributed by atoms with Gasteiger partial charge in [0.2, 0.25) is 11.8 Å². The van der Waals surface area contributed by atoms with Crippen molar-refractivity contribution in [1.82, 2.24) is 10.6 Å². The summed E-state index contributed by atoms with van der Waals surface area (Å²) in [5, 5.41) is 26.6. The van der Waals surface area contributed by atoms with E-state index in [1.165, 1.54) is 44.9 Å². The summed E-state index contributed by atoms with van der Waals surface area (Å²) < 4.78 is 59.8. The van der Waals surface area contributed by atoms with Gasteiger partial charge >= 0.3 is 11.9 Å². The number of carboxylic acid groups (broad SMARTS) is 2. The number of hydrogen-bond donors (Lipinski definition) is 4. The number of ether oxygens (including phenoxy) is 11. The van der Waals surface area contributed by atoms with Crippen LogP contribution in [0.4, 0.5) is 0 Å². The molecule has 0 aliphatic rings. The molecular formula is C46H87N5O17. The molecule has 2 amide bonds. The van der Waals surface area contributed by atoms with Crippen molar-refractivity contribution in [1.29, 1.82) is 0 Å². The second-order valence-electron chi connectivity index (χ2n) is 15.5. The van der Waals surface area contributed by atoms with Crippen LogP contribution in [0.2, 0.25) is 0 Å². The van der Waals surface area contributed by atoms with Gasteiger partial charge < -0.3 is 73.0 Å². The fourth-order valence-electron chi connectivity index (χ4n) is 6.12. The first-order valence-electron chi connectivity index (χ1n) is 24.7. The van der Waals surface area contributed by atoms with Gasteiger partial charge in [0, 0.05) is 30.8 Å². The van der Waals surface area contributed by atoms with Crippen LogP contribution in [0.15, 0.2) is 5.11 Å². The van der Waals surface area contributed by atoms with E-state index in [-0.39, 0.29) is 38.3 Å². The molecule has 0 aromatic carbocycles. The van der Waals surface area contributed by atoms with Gasteiger partial charge in [-0.25, -0.2) is 4.79 Å². The van der Waals surface area contributed by atoms with E-state index in [1.807, 2.05) is 0 Å². The van der Waals surface area contributed by atoms with Gasteiger partial charge in [-0.1, -0.05) is 82.2 Å². The van der Waals surface area contributed by atoms with Gasteiger partial charge in [0.25, 0.3) is 0 Å². The summed E-state index contributed by atoms with van der Waals surface area (Å²) >= 11 is 0. The first-order valence-corrected chi connectivity index (χ1v) is 24.7. The Bertz CT molecular complexity index is 1210. The average molecular weight is 982 g/mol. The smallest absolute Gasteiger partial charge is 0.326 e. The molecule has 1 atom stereocenters. The highest BCUT2D eigenvalue weighted by Gasteiger charge is 2.23. The highest BCUT2D eigenvalue weighted by atomic mass is 16.6. The molecule has 0 fully saturated rings. The van der Waals surface area contributed by atoms with Crippen molar-refractivity contribution in [3.8, 4) is 0 Å². The molecule has 0 aliphatic heterocycles. The van der Waals surface area contributed by atoms with Crippen LogP contribution in [-0.4, -0.2) is 198 Å². The largest absolute Gasteiger partial charge is 0.481 e. The molecule has 0 aliphatic carbocycles. The number of hydrogen-bond acceptors (Lipinski definition) is 16. The monoisotopic (exact) mass is 982 g/mol. The molecule has 0 saturated carbocycles. The van der Waals surface area contributed by atoms with E-state index in [2.05, 4.69) is 20.7 Å². The number of amides is 2. The van der Waals surface area contributed by atoms with Crippen LogP contribution in [0.25, 0.3) is 10.4 Å². The molecule has 4 N–H and O–H groups in total. The molecule has 0 aromatic rings. The van der Waals surface area contributed by atoms with Gasteiger partial charge in [0.1, 0.15) is 6.04 Å². The second kappa shape index (κ2) is 54.7. The summed E-state index contributed by atoms with van der Waals surface area (Å²) in [6, 6.07) is -1.29. The Labute approximate surface area is 404 Å². The lowest BCUT2D eigenvalue weighted by Crippen LogP contribution is -2.44. The minimum atomic E-state index is -1.29. The predicted molar refractivity (Wildman–Crippen MR) is 252 cm³/mol. The Morgan fingerprint density at radius 3 is 1.01 bits per heavy atom. The van der Waals surface area contributed by atoms with Gasteiger partial charge in [0.05, 0.1) is 152 Å². The maximum atomic E-state index is 12.3. The minimum Gasteiger partial charge on any atom is -0.481 e.